The van der Waals surface area contributed by atoms with Crippen molar-refractivity contribution in [3.05, 3.63) is 77.2 Å². The van der Waals surface area contributed by atoms with Crippen LogP contribution in [0.3, 0.4) is 0 Å². The molecule has 0 saturated carbocycles. The summed E-state index contributed by atoms with van der Waals surface area (Å²) >= 11 is 0. The van der Waals surface area contributed by atoms with Crippen molar-refractivity contribution < 1.29 is 39.5 Å². The number of amides is 1. The SMILES string of the molecule is C=CS(=O)(=O)NC[C@H]1CCCN1S(=O)(=O)c1ccc(C(Cc2ccc(C(F)(F)F)cc2)C(=O)N2CCOC(C)(C)C2)cc1. The van der Waals surface area contributed by atoms with Gasteiger partial charge in [0.15, 0.2) is 0 Å². The van der Waals surface area contributed by atoms with E-state index in [0.717, 1.165) is 17.5 Å². The first-order valence-corrected chi connectivity index (χ1v) is 16.8. The van der Waals surface area contributed by atoms with Crippen LogP contribution in [0.5, 0.6) is 0 Å². The van der Waals surface area contributed by atoms with Crippen LogP contribution in [0.2, 0.25) is 0 Å². The Morgan fingerprint density at radius 3 is 2.33 bits per heavy atom. The number of sulfonamides is 2. The highest BCUT2D eigenvalue weighted by Gasteiger charge is 2.37. The number of alkyl halides is 3. The van der Waals surface area contributed by atoms with Gasteiger partial charge in [0.25, 0.3) is 0 Å². The van der Waals surface area contributed by atoms with Crippen molar-refractivity contribution in [2.24, 2.45) is 0 Å². The fourth-order valence-corrected chi connectivity index (χ4v) is 7.68. The first-order valence-electron chi connectivity index (χ1n) is 13.9. The van der Waals surface area contributed by atoms with E-state index in [1.807, 2.05) is 13.8 Å². The standard InChI is InChI=1S/C29H36F3N3O6S2/c1-4-42(37,38)33-19-24-6-5-15-35(24)43(39,40)25-13-9-22(10-14-25)26(27(36)34-16-17-41-28(2,3)20-34)18-21-7-11-23(12-8-21)29(30,31)32/h4,7-14,24,26,33H,1,5-6,15-20H2,2-3H3/t24-,26?/m1/s1. The Bertz CT molecular complexity index is 1530. The lowest BCUT2D eigenvalue weighted by Gasteiger charge is -2.39. The summed E-state index contributed by atoms with van der Waals surface area (Å²) in [5, 5.41) is 0.764. The summed E-state index contributed by atoms with van der Waals surface area (Å²) in [7, 11) is -7.71. The van der Waals surface area contributed by atoms with Crippen LogP contribution in [-0.4, -0.2) is 76.4 Å². The topological polar surface area (TPSA) is 113 Å². The smallest absolute Gasteiger partial charge is 0.372 e. The fourth-order valence-electron chi connectivity index (χ4n) is 5.45. The van der Waals surface area contributed by atoms with E-state index >= 15 is 0 Å². The highest BCUT2D eigenvalue weighted by atomic mass is 32.2. The van der Waals surface area contributed by atoms with Gasteiger partial charge in [-0.25, -0.2) is 21.6 Å². The first kappa shape index (κ1) is 33.1. The first-order chi connectivity index (χ1) is 20.0. The zero-order valence-electron chi connectivity index (χ0n) is 24.0. The number of rotatable bonds is 10. The minimum Gasteiger partial charge on any atom is -0.372 e. The number of nitrogens with zero attached hydrogens (tertiary/aromatic N) is 2. The molecule has 0 spiro atoms. The van der Waals surface area contributed by atoms with Crippen LogP contribution in [0.15, 0.2) is 65.4 Å². The van der Waals surface area contributed by atoms with Crippen LogP contribution in [0, 0.1) is 0 Å². The van der Waals surface area contributed by atoms with Crippen molar-refractivity contribution in [2.75, 3.05) is 32.8 Å². The third kappa shape index (κ3) is 8.04. The van der Waals surface area contributed by atoms with Crippen LogP contribution < -0.4 is 4.72 Å². The monoisotopic (exact) mass is 643 g/mol. The molecule has 1 amide bonds. The summed E-state index contributed by atoms with van der Waals surface area (Å²) in [6.45, 7) is 8.13. The number of ether oxygens (including phenoxy) is 1. The molecule has 2 aliphatic rings. The summed E-state index contributed by atoms with van der Waals surface area (Å²) in [6.07, 6.45) is -3.33. The zero-order valence-corrected chi connectivity index (χ0v) is 25.6. The van der Waals surface area contributed by atoms with Crippen molar-refractivity contribution in [2.45, 2.75) is 61.7 Å². The Balaban J connectivity index is 1.60. The van der Waals surface area contributed by atoms with E-state index < -0.39 is 49.3 Å². The molecule has 43 heavy (non-hydrogen) atoms. The van der Waals surface area contributed by atoms with Gasteiger partial charge < -0.3 is 9.64 Å². The second kappa shape index (κ2) is 12.7. The lowest BCUT2D eigenvalue weighted by atomic mass is 9.89. The predicted molar refractivity (Wildman–Crippen MR) is 155 cm³/mol. The molecule has 2 aliphatic heterocycles. The average Bonchev–Trinajstić information content (AvgIpc) is 3.44. The summed E-state index contributed by atoms with van der Waals surface area (Å²) in [5.74, 6) is -1.02. The van der Waals surface area contributed by atoms with E-state index in [-0.39, 0.29) is 30.3 Å². The molecule has 1 N–H and O–H groups in total. The van der Waals surface area contributed by atoms with Gasteiger partial charge in [0.1, 0.15) is 0 Å². The zero-order chi connectivity index (χ0) is 31.6. The fraction of sp³-hybridized carbons (Fsp3) is 0.483. The lowest BCUT2D eigenvalue weighted by Crippen LogP contribution is -2.52. The van der Waals surface area contributed by atoms with Crippen LogP contribution in [-0.2, 0) is 42.2 Å². The minimum atomic E-state index is -4.49. The number of hydrogen-bond acceptors (Lipinski definition) is 6. The molecule has 2 fully saturated rings. The normalized spacial score (nSPS) is 20.6. The maximum atomic E-state index is 13.8. The van der Waals surface area contributed by atoms with Gasteiger partial charge in [0.05, 0.1) is 28.6 Å². The van der Waals surface area contributed by atoms with E-state index in [1.165, 1.54) is 28.6 Å². The van der Waals surface area contributed by atoms with Crippen molar-refractivity contribution in [1.82, 2.24) is 13.9 Å². The molecular weight excluding hydrogens is 607 g/mol. The van der Waals surface area contributed by atoms with Gasteiger partial charge in [-0.1, -0.05) is 30.8 Å². The van der Waals surface area contributed by atoms with E-state index in [4.69, 9.17) is 4.74 Å². The number of carbonyl (C=O) groups excluding carboxylic acids is 1. The molecular formula is C29H36F3N3O6S2. The van der Waals surface area contributed by atoms with Crippen molar-refractivity contribution in [3.63, 3.8) is 0 Å². The Kier molecular flexibility index (Phi) is 9.77. The van der Waals surface area contributed by atoms with Crippen LogP contribution in [0.25, 0.3) is 0 Å². The molecule has 0 aliphatic carbocycles. The number of halogens is 3. The summed E-state index contributed by atoms with van der Waals surface area (Å²) in [5.41, 5.74) is -0.319. The molecule has 2 aromatic carbocycles. The largest absolute Gasteiger partial charge is 0.416 e. The van der Waals surface area contributed by atoms with Crippen LogP contribution >= 0.6 is 0 Å². The second-order valence-corrected chi connectivity index (χ2v) is 15.0. The number of carbonyl (C=O) groups is 1. The number of hydrogen-bond donors (Lipinski definition) is 1. The lowest BCUT2D eigenvalue weighted by molar-refractivity contribution is -0.147. The molecule has 0 aromatic heterocycles. The number of morpholine rings is 1. The Hall–Kier alpha value is -2.78. The number of benzene rings is 2. The third-order valence-electron chi connectivity index (χ3n) is 7.71. The number of nitrogens with one attached hydrogen (secondary N) is 1. The molecule has 2 heterocycles. The summed E-state index contributed by atoms with van der Waals surface area (Å²) in [6, 6.07) is 10.00. The molecule has 0 bridgehead atoms. The maximum absolute atomic E-state index is 13.8. The highest BCUT2D eigenvalue weighted by molar-refractivity contribution is 7.92. The van der Waals surface area contributed by atoms with Crippen molar-refractivity contribution in [1.29, 1.82) is 0 Å². The molecule has 2 saturated heterocycles. The van der Waals surface area contributed by atoms with Crippen LogP contribution in [0.4, 0.5) is 13.2 Å². The Morgan fingerprint density at radius 1 is 1.09 bits per heavy atom. The van der Waals surface area contributed by atoms with Gasteiger partial charge in [0, 0.05) is 37.6 Å². The summed E-state index contributed by atoms with van der Waals surface area (Å²) in [4.78, 5) is 15.5. The van der Waals surface area contributed by atoms with Crippen molar-refractivity contribution in [3.8, 4) is 0 Å². The van der Waals surface area contributed by atoms with Gasteiger partial charge in [-0.05, 0) is 68.5 Å². The van der Waals surface area contributed by atoms with E-state index in [9.17, 15) is 34.8 Å². The molecule has 2 atom stereocenters. The molecule has 1 unspecified atom stereocenters. The third-order valence-corrected chi connectivity index (χ3v) is 10.7. The van der Waals surface area contributed by atoms with E-state index in [2.05, 4.69) is 11.3 Å². The highest BCUT2D eigenvalue weighted by Crippen LogP contribution is 2.32. The van der Waals surface area contributed by atoms with Gasteiger partial charge in [-0.2, -0.15) is 17.5 Å². The molecule has 0 radical (unpaired) electrons. The molecule has 14 heteroatoms. The Labute approximate surface area is 250 Å². The quantitative estimate of drug-likeness (QED) is 0.421. The second-order valence-electron chi connectivity index (χ2n) is 11.4. The minimum absolute atomic E-state index is 0.0111. The molecule has 236 valence electrons. The van der Waals surface area contributed by atoms with E-state index in [0.29, 0.717) is 43.7 Å². The Morgan fingerprint density at radius 2 is 1.74 bits per heavy atom. The summed E-state index contributed by atoms with van der Waals surface area (Å²) < 4.78 is 99.3. The maximum Gasteiger partial charge on any atom is 0.416 e. The van der Waals surface area contributed by atoms with Gasteiger partial charge in [-0.15, -0.1) is 0 Å². The van der Waals surface area contributed by atoms with E-state index in [1.54, 1.807) is 17.0 Å². The van der Waals surface area contributed by atoms with Crippen LogP contribution in [0.1, 0.15) is 49.3 Å². The molecule has 9 nitrogen and oxygen atoms in total. The van der Waals surface area contributed by atoms with Gasteiger partial charge in [0.2, 0.25) is 26.0 Å². The van der Waals surface area contributed by atoms with Crippen molar-refractivity contribution >= 4 is 26.0 Å². The van der Waals surface area contributed by atoms with Gasteiger partial charge >= 0.3 is 6.18 Å². The van der Waals surface area contributed by atoms with Gasteiger partial charge in [-0.3, -0.25) is 4.79 Å². The average molecular weight is 644 g/mol. The molecule has 2 aromatic rings. The molecule has 4 rings (SSSR count). The predicted octanol–water partition coefficient (Wildman–Crippen LogP) is 3.89.